The summed E-state index contributed by atoms with van der Waals surface area (Å²) < 4.78 is 0. The fourth-order valence-electron chi connectivity index (χ4n) is 2.41. The zero-order valence-corrected chi connectivity index (χ0v) is 10.5. The molecule has 1 heterocycles. The molecular formula is C14H20N2O. The van der Waals surface area contributed by atoms with Gasteiger partial charge in [-0.2, -0.15) is 0 Å². The second-order valence-electron chi connectivity index (χ2n) is 5.12. The van der Waals surface area contributed by atoms with Gasteiger partial charge in [-0.05, 0) is 43.5 Å². The number of aromatic amines is 1. The maximum Gasteiger partial charge on any atom is 0.116 e. The van der Waals surface area contributed by atoms with E-state index in [1.165, 1.54) is 5.56 Å². The van der Waals surface area contributed by atoms with Crippen molar-refractivity contribution in [1.29, 1.82) is 0 Å². The van der Waals surface area contributed by atoms with E-state index in [1.54, 1.807) is 12.1 Å². The van der Waals surface area contributed by atoms with Gasteiger partial charge in [0.05, 0.1) is 0 Å². The zero-order valence-electron chi connectivity index (χ0n) is 10.5. The highest BCUT2D eigenvalue weighted by Gasteiger charge is 2.19. The van der Waals surface area contributed by atoms with Crippen molar-refractivity contribution >= 4 is 10.9 Å². The Morgan fingerprint density at radius 2 is 2.18 bits per heavy atom. The lowest BCUT2D eigenvalue weighted by Gasteiger charge is -2.23. The first kappa shape index (κ1) is 12.0. The summed E-state index contributed by atoms with van der Waals surface area (Å²) in [6, 6.07) is 5.38. The molecule has 4 N–H and O–H groups in total. The number of nitrogens with one attached hydrogen (secondary N) is 1. The smallest absolute Gasteiger partial charge is 0.116 e. The van der Waals surface area contributed by atoms with E-state index in [0.29, 0.717) is 5.75 Å². The van der Waals surface area contributed by atoms with Crippen molar-refractivity contribution < 1.29 is 5.11 Å². The highest BCUT2D eigenvalue weighted by atomic mass is 16.3. The van der Waals surface area contributed by atoms with Crippen LogP contribution in [0.2, 0.25) is 0 Å². The first-order valence-electron chi connectivity index (χ1n) is 6.10. The van der Waals surface area contributed by atoms with Gasteiger partial charge in [0.1, 0.15) is 5.75 Å². The van der Waals surface area contributed by atoms with Crippen LogP contribution < -0.4 is 5.73 Å². The Morgan fingerprint density at radius 1 is 1.41 bits per heavy atom. The minimum atomic E-state index is -0.185. The van der Waals surface area contributed by atoms with Crippen LogP contribution in [0.25, 0.3) is 10.9 Å². The van der Waals surface area contributed by atoms with E-state index in [2.05, 4.69) is 18.8 Å². The summed E-state index contributed by atoms with van der Waals surface area (Å²) >= 11 is 0. The fraction of sp³-hybridized carbons (Fsp3) is 0.429. The Morgan fingerprint density at radius 3 is 2.88 bits per heavy atom. The van der Waals surface area contributed by atoms with E-state index in [4.69, 9.17) is 5.73 Å². The molecule has 0 saturated carbocycles. The highest BCUT2D eigenvalue weighted by molar-refractivity contribution is 5.84. The Bertz CT molecular complexity index is 514. The molecule has 1 aromatic carbocycles. The Balaban J connectivity index is 2.33. The average Bonchev–Trinajstić information content (AvgIpc) is 2.60. The maximum absolute atomic E-state index is 9.53. The van der Waals surface area contributed by atoms with E-state index >= 15 is 0 Å². The number of hydrogen-bond acceptors (Lipinski definition) is 2. The topological polar surface area (TPSA) is 62.0 Å². The zero-order chi connectivity index (χ0) is 12.5. The van der Waals surface area contributed by atoms with Crippen LogP contribution in [-0.2, 0) is 6.42 Å². The molecule has 0 spiro atoms. The van der Waals surface area contributed by atoms with Gasteiger partial charge in [-0.3, -0.25) is 0 Å². The minimum Gasteiger partial charge on any atom is -0.508 e. The van der Waals surface area contributed by atoms with Crippen LogP contribution in [0.4, 0.5) is 0 Å². The normalized spacial score (nSPS) is 15.0. The Labute approximate surface area is 102 Å². The molecule has 2 aromatic rings. The predicted molar refractivity (Wildman–Crippen MR) is 71.2 cm³/mol. The summed E-state index contributed by atoms with van der Waals surface area (Å²) in [6.07, 6.45) is 4.90. The largest absolute Gasteiger partial charge is 0.508 e. The van der Waals surface area contributed by atoms with Gasteiger partial charge < -0.3 is 15.8 Å². The van der Waals surface area contributed by atoms with Crippen LogP contribution >= 0.6 is 0 Å². The number of phenols is 1. The number of fused-ring (bicyclic) bond motifs is 1. The number of hydrogen-bond donors (Lipinski definition) is 3. The molecule has 0 aliphatic carbocycles. The maximum atomic E-state index is 9.53. The summed E-state index contributed by atoms with van der Waals surface area (Å²) in [4.78, 5) is 3.21. The summed E-state index contributed by atoms with van der Waals surface area (Å²) in [5, 5.41) is 10.6. The molecule has 0 radical (unpaired) electrons. The third-order valence-corrected chi connectivity index (χ3v) is 3.17. The molecule has 0 aliphatic heterocycles. The van der Waals surface area contributed by atoms with Crippen LogP contribution in [0.1, 0.15) is 32.3 Å². The van der Waals surface area contributed by atoms with Gasteiger partial charge in [-0.15, -0.1) is 0 Å². The summed E-state index contributed by atoms with van der Waals surface area (Å²) in [5.41, 5.74) is 8.31. The third-order valence-electron chi connectivity index (χ3n) is 3.17. The van der Waals surface area contributed by atoms with E-state index in [9.17, 15) is 5.11 Å². The quantitative estimate of drug-likeness (QED) is 0.759. The SMILES string of the molecule is CCCC(C)(N)Cc1c[nH]c2ccc(O)cc12. The first-order chi connectivity index (χ1) is 8.02. The predicted octanol–water partition coefficient (Wildman–Crippen LogP) is 2.93. The van der Waals surface area contributed by atoms with Crippen molar-refractivity contribution in [2.75, 3.05) is 0 Å². The Kier molecular flexibility index (Phi) is 3.11. The van der Waals surface area contributed by atoms with Crippen molar-refractivity contribution in [2.45, 2.75) is 38.6 Å². The van der Waals surface area contributed by atoms with Crippen LogP contribution in [0.5, 0.6) is 5.75 Å². The van der Waals surface area contributed by atoms with Crippen molar-refractivity contribution in [1.82, 2.24) is 4.98 Å². The minimum absolute atomic E-state index is 0.185. The van der Waals surface area contributed by atoms with Crippen LogP contribution in [0.15, 0.2) is 24.4 Å². The molecule has 3 nitrogen and oxygen atoms in total. The van der Waals surface area contributed by atoms with Gasteiger partial charge in [0, 0.05) is 22.6 Å². The number of phenolic OH excluding ortho intramolecular Hbond substituents is 1. The van der Waals surface area contributed by atoms with Gasteiger partial charge in [0.2, 0.25) is 0 Å². The van der Waals surface area contributed by atoms with E-state index in [-0.39, 0.29) is 5.54 Å². The fourth-order valence-corrected chi connectivity index (χ4v) is 2.41. The van der Waals surface area contributed by atoms with Crippen LogP contribution in [-0.4, -0.2) is 15.6 Å². The molecule has 0 fully saturated rings. The lowest BCUT2D eigenvalue weighted by atomic mass is 9.89. The van der Waals surface area contributed by atoms with E-state index in [0.717, 1.165) is 30.2 Å². The lowest BCUT2D eigenvalue weighted by Crippen LogP contribution is -2.38. The van der Waals surface area contributed by atoms with E-state index in [1.807, 2.05) is 12.3 Å². The molecular weight excluding hydrogens is 212 g/mol. The molecule has 1 atom stereocenters. The molecule has 0 bridgehead atoms. The molecule has 1 aromatic heterocycles. The molecule has 0 amide bonds. The molecule has 0 saturated heterocycles. The number of H-pyrrole nitrogens is 1. The second kappa shape index (κ2) is 4.41. The third kappa shape index (κ3) is 2.61. The van der Waals surface area contributed by atoms with Gasteiger partial charge >= 0.3 is 0 Å². The van der Waals surface area contributed by atoms with E-state index < -0.39 is 0 Å². The number of aromatic hydroxyl groups is 1. The van der Waals surface area contributed by atoms with Gasteiger partial charge in [0.25, 0.3) is 0 Å². The standard InChI is InChI=1S/C14H20N2O/c1-3-6-14(2,15)8-10-9-16-13-5-4-11(17)7-12(10)13/h4-5,7,9,16-17H,3,6,8,15H2,1-2H3. The summed E-state index contributed by atoms with van der Waals surface area (Å²) in [6.45, 7) is 4.23. The van der Waals surface area contributed by atoms with Crippen molar-refractivity contribution in [3.8, 4) is 5.75 Å². The summed E-state index contributed by atoms with van der Waals surface area (Å²) in [7, 11) is 0. The monoisotopic (exact) mass is 232 g/mol. The molecule has 92 valence electrons. The van der Waals surface area contributed by atoms with Gasteiger partial charge in [0.15, 0.2) is 0 Å². The van der Waals surface area contributed by atoms with Crippen LogP contribution in [0, 0.1) is 0 Å². The van der Waals surface area contributed by atoms with Crippen molar-refractivity contribution in [3.05, 3.63) is 30.0 Å². The van der Waals surface area contributed by atoms with Gasteiger partial charge in [-0.1, -0.05) is 13.3 Å². The van der Waals surface area contributed by atoms with Crippen molar-refractivity contribution in [2.24, 2.45) is 5.73 Å². The lowest BCUT2D eigenvalue weighted by molar-refractivity contribution is 0.426. The number of rotatable bonds is 4. The number of nitrogens with two attached hydrogens (primary N) is 1. The summed E-state index contributed by atoms with van der Waals surface area (Å²) in [5.74, 6) is 0.299. The molecule has 17 heavy (non-hydrogen) atoms. The molecule has 0 aliphatic rings. The average molecular weight is 232 g/mol. The van der Waals surface area contributed by atoms with Gasteiger partial charge in [-0.25, -0.2) is 0 Å². The molecule has 1 unspecified atom stereocenters. The van der Waals surface area contributed by atoms with Crippen molar-refractivity contribution in [3.63, 3.8) is 0 Å². The van der Waals surface area contributed by atoms with Crippen LogP contribution in [0.3, 0.4) is 0 Å². The Hall–Kier alpha value is -1.48. The second-order valence-corrected chi connectivity index (χ2v) is 5.12. The molecule has 3 heteroatoms. The first-order valence-corrected chi connectivity index (χ1v) is 6.10. The number of benzene rings is 1. The molecule has 2 rings (SSSR count). The highest BCUT2D eigenvalue weighted by Crippen LogP contribution is 2.26. The number of aromatic nitrogens is 1.